The summed E-state index contributed by atoms with van der Waals surface area (Å²) in [6.45, 7) is 1.25. The van der Waals surface area contributed by atoms with Crippen molar-refractivity contribution in [2.75, 3.05) is 17.1 Å². The van der Waals surface area contributed by atoms with Crippen molar-refractivity contribution in [3.63, 3.8) is 0 Å². The highest BCUT2D eigenvalue weighted by molar-refractivity contribution is 7.92. The second-order valence-corrected chi connectivity index (χ2v) is 13.0. The molecule has 0 aromatic heterocycles. The molecular formula is C26H31Cl4N3O4S. The Bertz CT molecular complexity index is 1270. The summed E-state index contributed by atoms with van der Waals surface area (Å²) < 4.78 is 26.4. The van der Waals surface area contributed by atoms with Gasteiger partial charge in [-0.3, -0.25) is 13.9 Å². The number of halogens is 4. The maximum absolute atomic E-state index is 13.8. The lowest BCUT2D eigenvalue weighted by atomic mass is 9.95. The van der Waals surface area contributed by atoms with Gasteiger partial charge < -0.3 is 10.2 Å². The lowest BCUT2D eigenvalue weighted by Crippen LogP contribution is -2.54. The first kappa shape index (κ1) is 30.8. The molecule has 12 heteroatoms. The summed E-state index contributed by atoms with van der Waals surface area (Å²) in [7, 11) is -3.90. The molecule has 1 aliphatic rings. The quantitative estimate of drug-likeness (QED) is 0.336. The van der Waals surface area contributed by atoms with E-state index < -0.39 is 28.5 Å². The van der Waals surface area contributed by atoms with Gasteiger partial charge in [-0.1, -0.05) is 78.7 Å². The van der Waals surface area contributed by atoms with E-state index in [9.17, 15) is 18.0 Å². The summed E-state index contributed by atoms with van der Waals surface area (Å²) in [6.07, 6.45) is 6.31. The average Bonchev–Trinajstić information content (AvgIpc) is 2.85. The predicted octanol–water partition coefficient (Wildman–Crippen LogP) is 6.32. The van der Waals surface area contributed by atoms with Crippen LogP contribution >= 0.6 is 46.4 Å². The van der Waals surface area contributed by atoms with Crippen LogP contribution in [0.2, 0.25) is 20.1 Å². The molecule has 0 aliphatic heterocycles. The fourth-order valence-corrected chi connectivity index (χ4v) is 6.15. The second kappa shape index (κ2) is 13.6. The smallest absolute Gasteiger partial charge is 0.244 e. The molecule has 3 rings (SSSR count). The van der Waals surface area contributed by atoms with Crippen LogP contribution in [0.5, 0.6) is 0 Å². The maximum Gasteiger partial charge on any atom is 0.244 e. The third-order valence-corrected chi connectivity index (χ3v) is 9.03. The van der Waals surface area contributed by atoms with E-state index >= 15 is 0 Å². The first-order chi connectivity index (χ1) is 17.9. The zero-order valence-corrected chi connectivity index (χ0v) is 25.1. The number of nitrogens with zero attached hydrogens (tertiary/aromatic N) is 2. The molecule has 208 valence electrons. The van der Waals surface area contributed by atoms with Crippen molar-refractivity contribution in [2.45, 2.75) is 64.1 Å². The van der Waals surface area contributed by atoms with Crippen LogP contribution in [0.25, 0.3) is 0 Å². The number of sulfonamides is 1. The number of amides is 2. The Morgan fingerprint density at radius 2 is 1.66 bits per heavy atom. The summed E-state index contributed by atoms with van der Waals surface area (Å²) in [6, 6.07) is 8.40. The third-order valence-electron chi connectivity index (χ3n) is 6.56. The highest BCUT2D eigenvalue weighted by Gasteiger charge is 2.33. The predicted molar refractivity (Wildman–Crippen MR) is 155 cm³/mol. The minimum absolute atomic E-state index is 0.00952. The van der Waals surface area contributed by atoms with Crippen LogP contribution in [0.15, 0.2) is 36.4 Å². The van der Waals surface area contributed by atoms with Gasteiger partial charge in [-0.15, -0.1) is 0 Å². The molecule has 0 bridgehead atoms. The van der Waals surface area contributed by atoms with Crippen molar-refractivity contribution in [3.8, 4) is 0 Å². The largest absolute Gasteiger partial charge is 0.352 e. The maximum atomic E-state index is 13.8. The Kier molecular flexibility index (Phi) is 11.0. The minimum Gasteiger partial charge on any atom is -0.352 e. The van der Waals surface area contributed by atoms with Crippen molar-refractivity contribution in [3.05, 3.63) is 62.1 Å². The number of benzene rings is 2. The number of rotatable bonds is 10. The van der Waals surface area contributed by atoms with Crippen LogP contribution in [-0.4, -0.2) is 50.0 Å². The van der Waals surface area contributed by atoms with Gasteiger partial charge in [0.05, 0.1) is 22.0 Å². The Labute approximate surface area is 244 Å². The highest BCUT2D eigenvalue weighted by Crippen LogP contribution is 2.29. The van der Waals surface area contributed by atoms with E-state index in [2.05, 4.69) is 5.32 Å². The number of hydrogen-bond acceptors (Lipinski definition) is 4. The topological polar surface area (TPSA) is 86.8 Å². The molecule has 1 unspecified atom stereocenters. The van der Waals surface area contributed by atoms with Gasteiger partial charge in [-0.05, 0) is 55.2 Å². The molecule has 2 amide bonds. The number of anilines is 1. The lowest BCUT2D eigenvalue weighted by molar-refractivity contribution is -0.140. The molecule has 1 saturated carbocycles. The van der Waals surface area contributed by atoms with Crippen molar-refractivity contribution in [2.24, 2.45) is 0 Å². The molecular weight excluding hydrogens is 592 g/mol. The van der Waals surface area contributed by atoms with Gasteiger partial charge in [-0.25, -0.2) is 8.42 Å². The monoisotopic (exact) mass is 621 g/mol. The summed E-state index contributed by atoms with van der Waals surface area (Å²) in [5.74, 6) is -0.851. The summed E-state index contributed by atoms with van der Waals surface area (Å²) in [5, 5.41) is 4.26. The van der Waals surface area contributed by atoms with Gasteiger partial charge in [0.25, 0.3) is 0 Å². The van der Waals surface area contributed by atoms with E-state index in [-0.39, 0.29) is 34.2 Å². The Morgan fingerprint density at radius 1 is 0.974 bits per heavy atom. The van der Waals surface area contributed by atoms with Gasteiger partial charge in [0.15, 0.2) is 0 Å². The number of hydrogen-bond donors (Lipinski definition) is 1. The van der Waals surface area contributed by atoms with Crippen LogP contribution in [0.3, 0.4) is 0 Å². The van der Waals surface area contributed by atoms with E-state index in [0.717, 1.165) is 42.7 Å². The first-order valence-corrected chi connectivity index (χ1v) is 15.7. The van der Waals surface area contributed by atoms with Crippen molar-refractivity contribution < 1.29 is 18.0 Å². The molecule has 7 nitrogen and oxygen atoms in total. The van der Waals surface area contributed by atoms with Crippen LogP contribution in [0.1, 0.15) is 51.0 Å². The van der Waals surface area contributed by atoms with E-state index in [4.69, 9.17) is 46.4 Å². The zero-order valence-electron chi connectivity index (χ0n) is 21.2. The normalized spacial score (nSPS) is 15.1. The van der Waals surface area contributed by atoms with Gasteiger partial charge in [0.1, 0.15) is 12.6 Å². The van der Waals surface area contributed by atoms with Crippen molar-refractivity contribution in [1.29, 1.82) is 0 Å². The molecule has 1 atom stereocenters. The van der Waals surface area contributed by atoms with Gasteiger partial charge in [0.2, 0.25) is 21.8 Å². The standard InChI is InChI=1S/C26H31Cl4N3O4S/c1-3-24(26(35)31-19-7-5-4-6-8-19)32(15-17-9-10-18(27)13-22(17)29)25(34)16-33(38(2,36)37)20-11-12-21(28)23(30)14-20/h9-14,19,24H,3-8,15-16H2,1-2H3,(H,31,35). The Morgan fingerprint density at radius 3 is 2.24 bits per heavy atom. The zero-order chi connectivity index (χ0) is 28.0. The molecule has 1 N–H and O–H groups in total. The van der Waals surface area contributed by atoms with E-state index in [1.54, 1.807) is 18.2 Å². The Hall–Kier alpha value is -1.71. The molecule has 2 aromatic carbocycles. The van der Waals surface area contributed by atoms with Crippen molar-refractivity contribution in [1.82, 2.24) is 10.2 Å². The molecule has 1 aliphatic carbocycles. The molecule has 0 saturated heterocycles. The van der Waals surface area contributed by atoms with Crippen LogP contribution in [0, 0.1) is 0 Å². The molecule has 38 heavy (non-hydrogen) atoms. The van der Waals surface area contributed by atoms with Gasteiger partial charge in [-0.2, -0.15) is 0 Å². The first-order valence-electron chi connectivity index (χ1n) is 12.4. The molecule has 0 radical (unpaired) electrons. The fraction of sp³-hybridized carbons (Fsp3) is 0.462. The average molecular weight is 623 g/mol. The molecule has 0 spiro atoms. The molecule has 0 heterocycles. The van der Waals surface area contributed by atoms with Crippen LogP contribution in [-0.2, 0) is 26.2 Å². The second-order valence-electron chi connectivity index (χ2n) is 9.39. The van der Waals surface area contributed by atoms with E-state index in [0.29, 0.717) is 22.0 Å². The summed E-state index contributed by atoms with van der Waals surface area (Å²) in [4.78, 5) is 28.6. The third kappa shape index (κ3) is 8.15. The summed E-state index contributed by atoms with van der Waals surface area (Å²) >= 11 is 24.6. The molecule has 2 aromatic rings. The van der Waals surface area contributed by atoms with E-state index in [1.807, 2.05) is 6.92 Å². The summed E-state index contributed by atoms with van der Waals surface area (Å²) in [5.41, 5.74) is 0.758. The van der Waals surface area contributed by atoms with Crippen LogP contribution < -0.4 is 9.62 Å². The van der Waals surface area contributed by atoms with E-state index in [1.165, 1.54) is 23.1 Å². The fourth-order valence-electron chi connectivity index (χ4n) is 4.55. The van der Waals surface area contributed by atoms with Crippen molar-refractivity contribution >= 4 is 73.9 Å². The van der Waals surface area contributed by atoms with Gasteiger partial charge >= 0.3 is 0 Å². The SMILES string of the molecule is CCC(C(=O)NC1CCCCC1)N(Cc1ccc(Cl)cc1Cl)C(=O)CN(c1ccc(Cl)c(Cl)c1)S(C)(=O)=O. The highest BCUT2D eigenvalue weighted by atomic mass is 35.5. The van der Waals surface area contributed by atoms with Gasteiger partial charge in [0, 0.05) is 22.6 Å². The number of carbonyl (C=O) groups excluding carboxylic acids is 2. The molecule has 1 fully saturated rings. The van der Waals surface area contributed by atoms with Crippen LogP contribution in [0.4, 0.5) is 5.69 Å². The minimum atomic E-state index is -3.90. The number of carbonyl (C=O) groups is 2. The Balaban J connectivity index is 1.95. The number of nitrogens with one attached hydrogen (secondary N) is 1. The lowest BCUT2D eigenvalue weighted by Gasteiger charge is -2.34.